The van der Waals surface area contributed by atoms with Gasteiger partial charge in [0, 0.05) is 18.4 Å². The fourth-order valence-electron chi connectivity index (χ4n) is 1.16. The first-order chi connectivity index (χ1) is 6.24. The number of pyridine rings is 1. The molecule has 3 heteroatoms. The summed E-state index contributed by atoms with van der Waals surface area (Å²) in [7, 11) is 0. The third kappa shape index (κ3) is 2.85. The van der Waals surface area contributed by atoms with Gasteiger partial charge < -0.3 is 0 Å². The van der Waals surface area contributed by atoms with Crippen LogP contribution in [0.25, 0.3) is 0 Å². The molecular weight excluding hydrogens is 162 g/mol. The van der Waals surface area contributed by atoms with Crippen LogP contribution in [0.3, 0.4) is 0 Å². The molecule has 1 unspecified atom stereocenters. The van der Waals surface area contributed by atoms with Crippen LogP contribution in [0.5, 0.6) is 0 Å². The fraction of sp³-hybridized carbons (Fsp3) is 0.400. The smallest absolute Gasteiger partial charge is 0.0929 e. The zero-order valence-corrected chi connectivity index (χ0v) is 7.86. The molecule has 0 aliphatic carbocycles. The van der Waals surface area contributed by atoms with E-state index in [1.807, 2.05) is 26.0 Å². The van der Waals surface area contributed by atoms with Crippen molar-refractivity contribution in [2.45, 2.75) is 25.9 Å². The molecule has 0 saturated carbocycles. The van der Waals surface area contributed by atoms with E-state index in [9.17, 15) is 0 Å². The van der Waals surface area contributed by atoms with Gasteiger partial charge in [0.1, 0.15) is 0 Å². The molecule has 1 aromatic rings. The van der Waals surface area contributed by atoms with Crippen molar-refractivity contribution in [3.8, 4) is 6.07 Å². The predicted octanol–water partition coefficient (Wildman–Crippen LogP) is 1.64. The summed E-state index contributed by atoms with van der Waals surface area (Å²) in [5.74, 6) is 0. The maximum atomic E-state index is 8.61. The summed E-state index contributed by atoms with van der Waals surface area (Å²) in [5, 5.41) is 11.8. The molecule has 0 aliphatic heterocycles. The first kappa shape index (κ1) is 9.69. The van der Waals surface area contributed by atoms with Crippen LogP contribution in [0.1, 0.15) is 25.5 Å². The second-order valence-corrected chi connectivity index (χ2v) is 3.02. The highest BCUT2D eigenvalue weighted by molar-refractivity contribution is 5.14. The molecule has 68 valence electrons. The number of hydrogen-bond acceptors (Lipinski definition) is 3. The minimum absolute atomic E-state index is 0.122. The minimum atomic E-state index is -0.122. The summed E-state index contributed by atoms with van der Waals surface area (Å²) in [6, 6.07) is 6.10. The highest BCUT2D eigenvalue weighted by atomic mass is 14.9. The SMILES string of the molecule is CC(C#N)N[C@@H](C)c1ccncc1. The number of hydrogen-bond donors (Lipinski definition) is 1. The standard InChI is InChI=1S/C10H13N3/c1-8(7-11)13-9(2)10-3-5-12-6-4-10/h3-6,8-9,13H,1-2H3/t8?,9-/m0/s1. The largest absolute Gasteiger partial charge is 0.296 e. The van der Waals surface area contributed by atoms with Crippen LogP contribution in [0, 0.1) is 11.3 Å². The zero-order valence-electron chi connectivity index (χ0n) is 7.86. The van der Waals surface area contributed by atoms with E-state index in [1.165, 1.54) is 0 Å². The first-order valence-electron chi connectivity index (χ1n) is 4.29. The van der Waals surface area contributed by atoms with Crippen molar-refractivity contribution >= 4 is 0 Å². The maximum Gasteiger partial charge on any atom is 0.0929 e. The van der Waals surface area contributed by atoms with Gasteiger partial charge in [-0.3, -0.25) is 10.3 Å². The molecule has 0 spiro atoms. The van der Waals surface area contributed by atoms with Crippen molar-refractivity contribution < 1.29 is 0 Å². The Hall–Kier alpha value is -1.40. The number of nitrogens with zero attached hydrogens (tertiary/aromatic N) is 2. The van der Waals surface area contributed by atoms with Crippen LogP contribution >= 0.6 is 0 Å². The lowest BCUT2D eigenvalue weighted by atomic mass is 10.1. The average Bonchev–Trinajstić information content (AvgIpc) is 2.19. The van der Waals surface area contributed by atoms with Gasteiger partial charge in [-0.05, 0) is 31.5 Å². The minimum Gasteiger partial charge on any atom is -0.296 e. The van der Waals surface area contributed by atoms with E-state index >= 15 is 0 Å². The lowest BCUT2D eigenvalue weighted by Crippen LogP contribution is -2.27. The Morgan fingerprint density at radius 3 is 2.54 bits per heavy atom. The van der Waals surface area contributed by atoms with E-state index in [0.29, 0.717) is 0 Å². The number of aromatic nitrogens is 1. The van der Waals surface area contributed by atoms with E-state index in [4.69, 9.17) is 5.26 Å². The Balaban J connectivity index is 2.60. The van der Waals surface area contributed by atoms with Crippen LogP contribution < -0.4 is 5.32 Å². The predicted molar refractivity (Wildman–Crippen MR) is 50.9 cm³/mol. The van der Waals surface area contributed by atoms with Crippen molar-refractivity contribution in [3.63, 3.8) is 0 Å². The molecule has 0 amide bonds. The Labute approximate surface area is 78.4 Å². The van der Waals surface area contributed by atoms with E-state index in [2.05, 4.69) is 16.4 Å². The molecule has 1 N–H and O–H groups in total. The molecule has 0 fully saturated rings. The summed E-state index contributed by atoms with van der Waals surface area (Å²) < 4.78 is 0. The van der Waals surface area contributed by atoms with Gasteiger partial charge in [0.25, 0.3) is 0 Å². The van der Waals surface area contributed by atoms with E-state index in [-0.39, 0.29) is 12.1 Å². The molecule has 1 heterocycles. The molecule has 13 heavy (non-hydrogen) atoms. The summed E-state index contributed by atoms with van der Waals surface area (Å²) in [4.78, 5) is 3.93. The van der Waals surface area contributed by atoms with E-state index < -0.39 is 0 Å². The molecule has 0 radical (unpaired) electrons. The highest BCUT2D eigenvalue weighted by Gasteiger charge is 2.07. The Bertz CT molecular complexity index is 289. The molecule has 0 bridgehead atoms. The van der Waals surface area contributed by atoms with Crippen LogP contribution in [0.15, 0.2) is 24.5 Å². The van der Waals surface area contributed by atoms with Gasteiger partial charge in [-0.15, -0.1) is 0 Å². The molecule has 1 aromatic heterocycles. The van der Waals surface area contributed by atoms with Crippen molar-refractivity contribution in [2.24, 2.45) is 0 Å². The van der Waals surface area contributed by atoms with Gasteiger partial charge >= 0.3 is 0 Å². The van der Waals surface area contributed by atoms with Crippen LogP contribution in [0.4, 0.5) is 0 Å². The van der Waals surface area contributed by atoms with Gasteiger partial charge in [-0.1, -0.05) is 0 Å². The summed E-state index contributed by atoms with van der Waals surface area (Å²) >= 11 is 0. The van der Waals surface area contributed by atoms with Crippen molar-refractivity contribution in [2.75, 3.05) is 0 Å². The number of rotatable bonds is 3. The van der Waals surface area contributed by atoms with Crippen LogP contribution in [0.2, 0.25) is 0 Å². The quantitative estimate of drug-likeness (QED) is 0.759. The van der Waals surface area contributed by atoms with Gasteiger partial charge in [0.05, 0.1) is 12.1 Å². The summed E-state index contributed by atoms with van der Waals surface area (Å²) in [5.41, 5.74) is 1.15. The fourth-order valence-corrected chi connectivity index (χ4v) is 1.16. The number of nitriles is 1. The highest BCUT2D eigenvalue weighted by Crippen LogP contribution is 2.10. The Kier molecular flexibility index (Phi) is 3.41. The van der Waals surface area contributed by atoms with Gasteiger partial charge in [-0.2, -0.15) is 5.26 Å². The second kappa shape index (κ2) is 4.58. The third-order valence-electron chi connectivity index (χ3n) is 1.90. The Morgan fingerprint density at radius 1 is 1.38 bits per heavy atom. The molecule has 0 aliphatic rings. The summed E-state index contributed by atoms with van der Waals surface area (Å²) in [6.07, 6.45) is 3.51. The molecule has 3 nitrogen and oxygen atoms in total. The monoisotopic (exact) mass is 175 g/mol. The average molecular weight is 175 g/mol. The molecule has 2 atom stereocenters. The molecule has 0 saturated heterocycles. The second-order valence-electron chi connectivity index (χ2n) is 3.02. The molecule has 1 rings (SSSR count). The Morgan fingerprint density at radius 2 is 2.00 bits per heavy atom. The normalized spacial score (nSPS) is 14.5. The third-order valence-corrected chi connectivity index (χ3v) is 1.90. The lowest BCUT2D eigenvalue weighted by molar-refractivity contribution is 0.542. The lowest BCUT2D eigenvalue weighted by Gasteiger charge is -2.14. The van der Waals surface area contributed by atoms with E-state index in [1.54, 1.807) is 12.4 Å². The topological polar surface area (TPSA) is 48.7 Å². The maximum absolute atomic E-state index is 8.61. The van der Waals surface area contributed by atoms with Crippen molar-refractivity contribution in [3.05, 3.63) is 30.1 Å². The van der Waals surface area contributed by atoms with Gasteiger partial charge in [-0.25, -0.2) is 0 Å². The first-order valence-corrected chi connectivity index (χ1v) is 4.29. The summed E-state index contributed by atoms with van der Waals surface area (Å²) in [6.45, 7) is 3.88. The van der Waals surface area contributed by atoms with Crippen LogP contribution in [-0.4, -0.2) is 11.0 Å². The number of nitrogens with one attached hydrogen (secondary N) is 1. The van der Waals surface area contributed by atoms with Crippen molar-refractivity contribution in [1.29, 1.82) is 5.26 Å². The van der Waals surface area contributed by atoms with E-state index in [0.717, 1.165) is 5.56 Å². The zero-order chi connectivity index (χ0) is 9.68. The van der Waals surface area contributed by atoms with Crippen molar-refractivity contribution in [1.82, 2.24) is 10.3 Å². The van der Waals surface area contributed by atoms with Crippen LogP contribution in [-0.2, 0) is 0 Å². The molecule has 0 aromatic carbocycles. The van der Waals surface area contributed by atoms with Gasteiger partial charge in [0.15, 0.2) is 0 Å². The van der Waals surface area contributed by atoms with Gasteiger partial charge in [0.2, 0.25) is 0 Å². The molecular formula is C10H13N3.